The van der Waals surface area contributed by atoms with Gasteiger partial charge in [0.1, 0.15) is 18.2 Å². The lowest BCUT2D eigenvalue weighted by Gasteiger charge is -2.36. The highest BCUT2D eigenvalue weighted by molar-refractivity contribution is 6.24. The van der Waals surface area contributed by atoms with Crippen molar-refractivity contribution in [3.63, 3.8) is 0 Å². The first-order chi connectivity index (χ1) is 10.7. The third-order valence-corrected chi connectivity index (χ3v) is 3.82. The molecule has 1 aliphatic carbocycles. The molecule has 0 fully saturated rings. The number of aliphatic hydroxyl groups excluding tert-OH is 1. The number of Topliss-reactive ketones (excluding diaryl/α,β-unsaturated/α-hetero) is 1. The smallest absolute Gasteiger partial charge is 0.325 e. The number of hydrogen-bond acceptors (Lipinski definition) is 6. The van der Waals surface area contributed by atoms with Crippen molar-refractivity contribution in [3.8, 4) is 0 Å². The number of ether oxygens (including phenoxy) is 1. The molecule has 0 radical (unpaired) electrons. The minimum absolute atomic E-state index is 0.0391. The minimum Gasteiger partial charge on any atom is -0.511 e. The minimum atomic E-state index is -1.13. The first-order valence-corrected chi connectivity index (χ1v) is 7.45. The molecule has 0 heterocycles. The van der Waals surface area contributed by atoms with E-state index in [4.69, 9.17) is 9.84 Å². The zero-order chi connectivity index (χ0) is 17.8. The number of aliphatic imine (C=N–C) groups is 1. The Morgan fingerprint density at radius 3 is 2.48 bits per heavy atom. The van der Waals surface area contributed by atoms with Crippen LogP contribution in [-0.2, 0) is 19.1 Å². The van der Waals surface area contributed by atoms with Crippen LogP contribution in [0.15, 0.2) is 16.3 Å². The molecule has 1 atom stereocenters. The molecule has 0 amide bonds. The lowest BCUT2D eigenvalue weighted by Crippen LogP contribution is -2.41. The van der Waals surface area contributed by atoms with Gasteiger partial charge in [0, 0.05) is 12.1 Å². The van der Waals surface area contributed by atoms with Crippen molar-refractivity contribution in [1.29, 1.82) is 0 Å². The molecule has 0 spiro atoms. The van der Waals surface area contributed by atoms with E-state index >= 15 is 0 Å². The zero-order valence-corrected chi connectivity index (χ0v) is 13.9. The van der Waals surface area contributed by atoms with E-state index in [0.717, 1.165) is 0 Å². The van der Waals surface area contributed by atoms with Gasteiger partial charge in [-0.2, -0.15) is 0 Å². The predicted molar refractivity (Wildman–Crippen MR) is 83.4 cm³/mol. The van der Waals surface area contributed by atoms with Gasteiger partial charge in [-0.1, -0.05) is 27.2 Å². The molecule has 0 aromatic carbocycles. The van der Waals surface area contributed by atoms with E-state index < -0.39 is 29.8 Å². The van der Waals surface area contributed by atoms with E-state index in [1.54, 1.807) is 13.8 Å². The maximum absolute atomic E-state index is 12.4. The largest absolute Gasteiger partial charge is 0.511 e. The molecule has 128 valence electrons. The quantitative estimate of drug-likeness (QED) is 0.569. The monoisotopic (exact) mass is 325 g/mol. The van der Waals surface area contributed by atoms with E-state index in [1.165, 1.54) is 7.11 Å². The number of aliphatic carboxylic acids is 1. The Morgan fingerprint density at radius 1 is 1.39 bits per heavy atom. The molecule has 1 aliphatic rings. The van der Waals surface area contributed by atoms with Gasteiger partial charge in [-0.3, -0.25) is 19.4 Å². The molecule has 0 bridgehead atoms. The SMILES string of the molecule is CCCC(=NCC(=O)O)C1=C(O)[C@H](C(=O)OC)C(C)(C)CC1=O. The lowest BCUT2D eigenvalue weighted by atomic mass is 9.67. The van der Waals surface area contributed by atoms with Gasteiger partial charge in [-0.05, 0) is 11.8 Å². The molecule has 0 aromatic heterocycles. The number of allylic oxidation sites excluding steroid dienone is 1. The highest BCUT2D eigenvalue weighted by Gasteiger charge is 2.47. The third-order valence-electron chi connectivity index (χ3n) is 3.82. The van der Waals surface area contributed by atoms with Crippen LogP contribution in [-0.4, -0.2) is 47.3 Å². The summed E-state index contributed by atoms with van der Waals surface area (Å²) < 4.78 is 4.74. The van der Waals surface area contributed by atoms with Crippen LogP contribution in [0.25, 0.3) is 0 Å². The fourth-order valence-electron chi connectivity index (χ4n) is 2.80. The van der Waals surface area contributed by atoms with Crippen LogP contribution >= 0.6 is 0 Å². The van der Waals surface area contributed by atoms with Crippen LogP contribution in [0.5, 0.6) is 0 Å². The molecular weight excluding hydrogens is 302 g/mol. The molecule has 23 heavy (non-hydrogen) atoms. The average molecular weight is 325 g/mol. The lowest BCUT2D eigenvalue weighted by molar-refractivity contribution is -0.150. The van der Waals surface area contributed by atoms with Gasteiger partial charge in [0.25, 0.3) is 0 Å². The van der Waals surface area contributed by atoms with Crippen molar-refractivity contribution in [1.82, 2.24) is 0 Å². The molecule has 0 aromatic rings. The van der Waals surface area contributed by atoms with Gasteiger partial charge in [-0.15, -0.1) is 0 Å². The summed E-state index contributed by atoms with van der Waals surface area (Å²) in [6.45, 7) is 4.76. The Labute approximate surface area is 135 Å². The maximum atomic E-state index is 12.4. The number of aliphatic hydroxyl groups is 1. The number of hydrogen-bond donors (Lipinski definition) is 2. The van der Waals surface area contributed by atoms with Crippen LogP contribution in [0.1, 0.15) is 40.0 Å². The normalized spacial score (nSPS) is 21.3. The second-order valence-corrected chi connectivity index (χ2v) is 6.21. The molecule has 7 nitrogen and oxygen atoms in total. The number of carbonyl (C=O) groups excluding carboxylic acids is 2. The zero-order valence-electron chi connectivity index (χ0n) is 13.9. The summed E-state index contributed by atoms with van der Waals surface area (Å²) in [5.41, 5.74) is -0.605. The third kappa shape index (κ3) is 4.18. The summed E-state index contributed by atoms with van der Waals surface area (Å²) in [7, 11) is 1.22. The topological polar surface area (TPSA) is 113 Å². The number of carboxylic acid groups (broad SMARTS) is 1. The number of rotatable bonds is 6. The molecule has 0 saturated heterocycles. The molecule has 0 unspecified atom stereocenters. The number of ketones is 1. The van der Waals surface area contributed by atoms with E-state index in [-0.39, 0.29) is 29.2 Å². The Kier molecular flexibility index (Phi) is 6.06. The van der Waals surface area contributed by atoms with Gasteiger partial charge < -0.3 is 14.9 Å². The van der Waals surface area contributed by atoms with Gasteiger partial charge in [-0.25, -0.2) is 0 Å². The van der Waals surface area contributed by atoms with Crippen molar-refractivity contribution in [2.24, 2.45) is 16.3 Å². The van der Waals surface area contributed by atoms with E-state index in [2.05, 4.69) is 4.99 Å². The van der Waals surface area contributed by atoms with Crippen molar-refractivity contribution < 1.29 is 29.3 Å². The number of carbonyl (C=O) groups is 3. The Balaban J connectivity index is 3.43. The Morgan fingerprint density at radius 2 is 2.00 bits per heavy atom. The van der Waals surface area contributed by atoms with E-state index in [0.29, 0.717) is 12.8 Å². The van der Waals surface area contributed by atoms with Gasteiger partial charge in [0.05, 0.1) is 12.7 Å². The molecule has 0 aliphatic heterocycles. The average Bonchev–Trinajstić information content (AvgIpc) is 2.42. The fourth-order valence-corrected chi connectivity index (χ4v) is 2.80. The summed E-state index contributed by atoms with van der Waals surface area (Å²) in [4.78, 5) is 39.1. The second kappa shape index (κ2) is 7.39. The molecular formula is C16H23NO6. The van der Waals surface area contributed by atoms with Crippen LogP contribution in [0.4, 0.5) is 0 Å². The van der Waals surface area contributed by atoms with Gasteiger partial charge in [0.15, 0.2) is 5.78 Å². The Hall–Kier alpha value is -2.18. The predicted octanol–water partition coefficient (Wildman–Crippen LogP) is 1.91. The standard InChI is InChI=1S/C16H23NO6/c1-5-6-9(17-8-11(19)20)12-10(18)7-16(2,3)13(14(12)21)15(22)23-4/h13,21H,5-8H2,1-4H3,(H,19,20)/t13-/m1/s1. The first kappa shape index (κ1) is 18.9. The summed E-state index contributed by atoms with van der Waals surface area (Å²) in [5, 5.41) is 19.3. The van der Waals surface area contributed by atoms with E-state index in [1.807, 2.05) is 6.92 Å². The number of esters is 1. The summed E-state index contributed by atoms with van der Waals surface area (Å²) >= 11 is 0. The maximum Gasteiger partial charge on any atom is 0.325 e. The number of nitrogens with zero attached hydrogens (tertiary/aromatic N) is 1. The van der Waals surface area contributed by atoms with Crippen LogP contribution < -0.4 is 0 Å². The molecule has 7 heteroatoms. The molecule has 0 saturated carbocycles. The second-order valence-electron chi connectivity index (χ2n) is 6.21. The van der Waals surface area contributed by atoms with Crippen LogP contribution in [0, 0.1) is 11.3 Å². The summed E-state index contributed by atoms with van der Waals surface area (Å²) in [6, 6.07) is 0. The number of carboxylic acids is 1. The molecule has 2 N–H and O–H groups in total. The van der Waals surface area contributed by atoms with Crippen LogP contribution in [0.3, 0.4) is 0 Å². The summed E-state index contributed by atoms with van der Waals surface area (Å²) in [5.74, 6) is -3.47. The highest BCUT2D eigenvalue weighted by atomic mass is 16.5. The van der Waals surface area contributed by atoms with E-state index in [9.17, 15) is 19.5 Å². The molecule has 1 rings (SSSR count). The van der Waals surface area contributed by atoms with Crippen molar-refractivity contribution >= 4 is 23.4 Å². The highest BCUT2D eigenvalue weighted by Crippen LogP contribution is 2.42. The first-order valence-electron chi connectivity index (χ1n) is 7.45. The van der Waals surface area contributed by atoms with Gasteiger partial charge in [0.2, 0.25) is 0 Å². The summed E-state index contributed by atoms with van der Waals surface area (Å²) in [6.07, 6.45) is 1.00. The van der Waals surface area contributed by atoms with Gasteiger partial charge >= 0.3 is 11.9 Å². The van der Waals surface area contributed by atoms with Crippen LogP contribution in [0.2, 0.25) is 0 Å². The fraction of sp³-hybridized carbons (Fsp3) is 0.625. The Bertz CT molecular complexity index is 573. The number of methoxy groups -OCH3 is 1. The van der Waals surface area contributed by atoms with Crippen molar-refractivity contribution in [2.45, 2.75) is 40.0 Å². The van der Waals surface area contributed by atoms with Crippen molar-refractivity contribution in [3.05, 3.63) is 11.3 Å². The van der Waals surface area contributed by atoms with Crippen molar-refractivity contribution in [2.75, 3.05) is 13.7 Å².